The molecule has 122 valence electrons. The third-order valence-electron chi connectivity index (χ3n) is 4.35. The number of methoxy groups -OCH3 is 1. The van der Waals surface area contributed by atoms with Crippen LogP contribution in [0.25, 0.3) is 0 Å². The van der Waals surface area contributed by atoms with E-state index in [0.29, 0.717) is 0 Å². The van der Waals surface area contributed by atoms with Crippen molar-refractivity contribution in [3.8, 4) is 5.75 Å². The molecule has 1 aliphatic heterocycles. The topological polar surface area (TPSA) is 24.5 Å². The molecule has 1 saturated heterocycles. The molecule has 0 radical (unpaired) electrons. The van der Waals surface area contributed by atoms with Crippen LogP contribution in [0.3, 0.4) is 0 Å². The molecule has 1 fully saturated rings. The lowest BCUT2D eigenvalue weighted by Crippen LogP contribution is -2.33. The average Bonchev–Trinajstić information content (AvgIpc) is 2.86. The van der Waals surface area contributed by atoms with E-state index in [9.17, 15) is 4.39 Å². The fourth-order valence-electron chi connectivity index (χ4n) is 3.23. The summed E-state index contributed by atoms with van der Waals surface area (Å²) in [7, 11) is 1.49. The molecular formula is C19H23FN2O. The van der Waals surface area contributed by atoms with Crippen molar-refractivity contribution < 1.29 is 9.13 Å². The highest BCUT2D eigenvalue weighted by molar-refractivity contribution is 5.36. The van der Waals surface area contributed by atoms with E-state index in [2.05, 4.69) is 22.3 Å². The molecule has 1 unspecified atom stereocenters. The van der Waals surface area contributed by atoms with E-state index in [0.717, 1.165) is 38.2 Å². The first-order valence-electron chi connectivity index (χ1n) is 8.13. The summed E-state index contributed by atoms with van der Waals surface area (Å²) in [6, 6.07) is 15.7. The fraction of sp³-hybridized carbons (Fsp3) is 0.368. The Morgan fingerprint density at radius 1 is 1.04 bits per heavy atom. The summed E-state index contributed by atoms with van der Waals surface area (Å²) in [6.45, 7) is 3.95. The van der Waals surface area contributed by atoms with E-state index in [1.807, 2.05) is 24.3 Å². The maximum Gasteiger partial charge on any atom is 0.165 e. The first kappa shape index (κ1) is 16.0. The quantitative estimate of drug-likeness (QED) is 0.938. The van der Waals surface area contributed by atoms with E-state index < -0.39 is 0 Å². The van der Waals surface area contributed by atoms with Crippen molar-refractivity contribution in [3.05, 3.63) is 65.5 Å². The zero-order chi connectivity index (χ0) is 16.1. The SMILES string of the molecule is COc1ccc(C(c2ccccc2)N2CCCNCC2)cc1F. The summed E-state index contributed by atoms with van der Waals surface area (Å²) in [5.74, 6) is -0.0167. The molecule has 1 N–H and O–H groups in total. The van der Waals surface area contributed by atoms with Crippen molar-refractivity contribution in [2.24, 2.45) is 0 Å². The largest absolute Gasteiger partial charge is 0.494 e. The molecule has 1 atom stereocenters. The molecule has 0 spiro atoms. The molecule has 4 heteroatoms. The Labute approximate surface area is 137 Å². The smallest absolute Gasteiger partial charge is 0.165 e. The normalized spacial score (nSPS) is 17.5. The summed E-state index contributed by atoms with van der Waals surface area (Å²) in [5, 5.41) is 3.43. The molecule has 0 saturated carbocycles. The van der Waals surface area contributed by atoms with Crippen LogP contribution < -0.4 is 10.1 Å². The van der Waals surface area contributed by atoms with Gasteiger partial charge in [-0.2, -0.15) is 0 Å². The zero-order valence-electron chi connectivity index (χ0n) is 13.5. The summed E-state index contributed by atoms with van der Waals surface area (Å²) in [5.41, 5.74) is 2.16. The molecule has 2 aromatic carbocycles. The number of hydrogen-bond acceptors (Lipinski definition) is 3. The third-order valence-corrected chi connectivity index (χ3v) is 4.35. The molecule has 0 aromatic heterocycles. The van der Waals surface area contributed by atoms with Gasteiger partial charge in [0.15, 0.2) is 11.6 Å². The molecule has 23 heavy (non-hydrogen) atoms. The zero-order valence-corrected chi connectivity index (χ0v) is 13.5. The lowest BCUT2D eigenvalue weighted by molar-refractivity contribution is 0.240. The minimum atomic E-state index is -0.307. The van der Waals surface area contributed by atoms with E-state index in [4.69, 9.17) is 4.74 Å². The van der Waals surface area contributed by atoms with Crippen LogP contribution in [0.15, 0.2) is 48.5 Å². The molecular weight excluding hydrogens is 291 g/mol. The molecule has 1 aliphatic rings. The molecule has 0 bridgehead atoms. The highest BCUT2D eigenvalue weighted by atomic mass is 19.1. The van der Waals surface area contributed by atoms with Crippen molar-refractivity contribution in [3.63, 3.8) is 0 Å². The van der Waals surface area contributed by atoms with Crippen molar-refractivity contribution in [1.29, 1.82) is 0 Å². The number of benzene rings is 2. The summed E-state index contributed by atoms with van der Waals surface area (Å²) < 4.78 is 19.3. The van der Waals surface area contributed by atoms with Gasteiger partial charge in [0, 0.05) is 19.6 Å². The van der Waals surface area contributed by atoms with Crippen LogP contribution in [0, 0.1) is 5.82 Å². The second kappa shape index (κ2) is 7.57. The van der Waals surface area contributed by atoms with Crippen LogP contribution >= 0.6 is 0 Å². The van der Waals surface area contributed by atoms with Gasteiger partial charge in [-0.25, -0.2) is 4.39 Å². The summed E-state index contributed by atoms with van der Waals surface area (Å²) >= 11 is 0. The average molecular weight is 314 g/mol. The van der Waals surface area contributed by atoms with Crippen molar-refractivity contribution in [2.75, 3.05) is 33.3 Å². The van der Waals surface area contributed by atoms with Gasteiger partial charge in [-0.15, -0.1) is 0 Å². The van der Waals surface area contributed by atoms with Gasteiger partial charge in [0.1, 0.15) is 0 Å². The van der Waals surface area contributed by atoms with E-state index in [1.54, 1.807) is 12.1 Å². The number of halogens is 1. The van der Waals surface area contributed by atoms with E-state index in [-0.39, 0.29) is 17.6 Å². The van der Waals surface area contributed by atoms with Crippen LogP contribution in [0.2, 0.25) is 0 Å². The van der Waals surface area contributed by atoms with Crippen LogP contribution in [0.1, 0.15) is 23.6 Å². The fourth-order valence-corrected chi connectivity index (χ4v) is 3.23. The molecule has 0 amide bonds. The first-order chi connectivity index (χ1) is 11.3. The number of hydrogen-bond donors (Lipinski definition) is 1. The van der Waals surface area contributed by atoms with E-state index >= 15 is 0 Å². The predicted molar refractivity (Wildman–Crippen MR) is 90.3 cm³/mol. The summed E-state index contributed by atoms with van der Waals surface area (Å²) in [4.78, 5) is 2.43. The number of rotatable bonds is 4. The lowest BCUT2D eigenvalue weighted by Gasteiger charge is -2.31. The molecule has 0 aliphatic carbocycles. The van der Waals surface area contributed by atoms with Gasteiger partial charge in [-0.1, -0.05) is 36.4 Å². The van der Waals surface area contributed by atoms with Gasteiger partial charge in [-0.05, 0) is 36.2 Å². The predicted octanol–water partition coefficient (Wildman–Crippen LogP) is 3.22. The van der Waals surface area contributed by atoms with Crippen LogP contribution in [-0.4, -0.2) is 38.2 Å². The molecule has 3 nitrogen and oxygen atoms in total. The van der Waals surface area contributed by atoms with Gasteiger partial charge in [-0.3, -0.25) is 4.90 Å². The molecule has 2 aromatic rings. The maximum absolute atomic E-state index is 14.2. The number of nitrogens with zero attached hydrogens (tertiary/aromatic N) is 1. The van der Waals surface area contributed by atoms with Crippen LogP contribution in [0.4, 0.5) is 4.39 Å². The highest BCUT2D eigenvalue weighted by Crippen LogP contribution is 2.31. The second-order valence-corrected chi connectivity index (χ2v) is 5.85. The number of nitrogens with one attached hydrogen (secondary N) is 1. The number of ether oxygens (including phenoxy) is 1. The van der Waals surface area contributed by atoms with Crippen molar-refractivity contribution >= 4 is 0 Å². The van der Waals surface area contributed by atoms with Crippen molar-refractivity contribution in [2.45, 2.75) is 12.5 Å². The Balaban J connectivity index is 1.99. The standard InChI is InChI=1S/C19H23FN2O/c1-23-18-9-8-16(14-17(18)20)19(15-6-3-2-4-7-15)22-12-5-10-21-11-13-22/h2-4,6-9,14,19,21H,5,10-13H2,1H3. The van der Waals surface area contributed by atoms with Gasteiger partial charge in [0.05, 0.1) is 13.2 Å². The van der Waals surface area contributed by atoms with E-state index in [1.165, 1.54) is 12.7 Å². The van der Waals surface area contributed by atoms with Crippen LogP contribution in [0.5, 0.6) is 5.75 Å². The van der Waals surface area contributed by atoms with Crippen LogP contribution in [-0.2, 0) is 0 Å². The summed E-state index contributed by atoms with van der Waals surface area (Å²) in [6.07, 6.45) is 1.10. The highest BCUT2D eigenvalue weighted by Gasteiger charge is 2.24. The van der Waals surface area contributed by atoms with Gasteiger partial charge in [0.2, 0.25) is 0 Å². The Bertz CT molecular complexity index is 625. The molecule has 1 heterocycles. The lowest BCUT2D eigenvalue weighted by atomic mass is 9.96. The maximum atomic E-state index is 14.2. The third kappa shape index (κ3) is 3.71. The van der Waals surface area contributed by atoms with Gasteiger partial charge < -0.3 is 10.1 Å². The van der Waals surface area contributed by atoms with Crippen molar-refractivity contribution in [1.82, 2.24) is 10.2 Å². The van der Waals surface area contributed by atoms with Gasteiger partial charge >= 0.3 is 0 Å². The first-order valence-corrected chi connectivity index (χ1v) is 8.13. The minimum Gasteiger partial charge on any atom is -0.494 e. The monoisotopic (exact) mass is 314 g/mol. The second-order valence-electron chi connectivity index (χ2n) is 5.85. The Morgan fingerprint density at radius 2 is 1.87 bits per heavy atom. The Hall–Kier alpha value is -1.91. The molecule has 3 rings (SSSR count). The Kier molecular flexibility index (Phi) is 5.26. The Morgan fingerprint density at radius 3 is 2.61 bits per heavy atom. The van der Waals surface area contributed by atoms with Gasteiger partial charge in [0.25, 0.3) is 0 Å². The minimum absolute atomic E-state index is 0.0662.